The van der Waals surface area contributed by atoms with Crippen molar-refractivity contribution in [2.75, 3.05) is 0 Å². The fourth-order valence-electron chi connectivity index (χ4n) is 9.54. The van der Waals surface area contributed by atoms with E-state index in [-0.39, 0.29) is 21.1 Å². The van der Waals surface area contributed by atoms with Crippen molar-refractivity contribution in [1.29, 1.82) is 0 Å². The molecule has 11 rings (SSSR count). The van der Waals surface area contributed by atoms with Crippen LogP contribution < -0.4 is 0 Å². The second-order valence-electron chi connectivity index (χ2n) is 16.2. The quantitative estimate of drug-likeness (QED) is 0.105. The molecule has 8 aromatic carbocycles. The Morgan fingerprint density at radius 2 is 1.13 bits per heavy atom. The third-order valence-electron chi connectivity index (χ3n) is 12.4. The largest absolute Gasteiger partial charge is 0.319 e. The molecule has 0 aliphatic carbocycles. The molecule has 63 heavy (non-hydrogen) atoms. The molecule has 5 heteroatoms. The molecule has 0 aliphatic heterocycles. The number of benzene rings is 8. The van der Waals surface area contributed by atoms with Crippen LogP contribution in [0.15, 0.2) is 219 Å². The van der Waals surface area contributed by atoms with Gasteiger partial charge < -0.3 is 4.57 Å². The Kier molecular flexibility index (Phi) is 10.5. The summed E-state index contributed by atoms with van der Waals surface area (Å²) < 4.78 is 6.81. The first-order valence-corrected chi connectivity index (χ1v) is 21.3. The van der Waals surface area contributed by atoms with Crippen molar-refractivity contribution in [2.45, 2.75) is 25.2 Å². The van der Waals surface area contributed by atoms with Crippen molar-refractivity contribution in [1.82, 2.24) is 18.7 Å². The molecule has 306 valence electrons. The van der Waals surface area contributed by atoms with Gasteiger partial charge in [0.2, 0.25) is 0 Å². The zero-order chi connectivity index (χ0) is 41.6. The van der Waals surface area contributed by atoms with E-state index in [1.54, 1.807) is 0 Å². The van der Waals surface area contributed by atoms with Crippen LogP contribution in [0.25, 0.3) is 61.2 Å². The van der Waals surface area contributed by atoms with Gasteiger partial charge in [-0.2, -0.15) is 34.9 Å². The van der Waals surface area contributed by atoms with Crippen molar-refractivity contribution in [3.05, 3.63) is 259 Å². The molecule has 0 saturated heterocycles. The van der Waals surface area contributed by atoms with E-state index in [2.05, 4.69) is 252 Å². The maximum atomic E-state index is 5.07. The minimum absolute atomic E-state index is 0. The number of para-hydroxylation sites is 4. The molecule has 3 heterocycles. The molecule has 0 radical (unpaired) electrons. The molecule has 0 spiro atoms. The summed E-state index contributed by atoms with van der Waals surface area (Å²) in [6.07, 6.45) is 4.12. The van der Waals surface area contributed by atoms with Crippen molar-refractivity contribution >= 4 is 32.8 Å². The Labute approximate surface area is 382 Å². The van der Waals surface area contributed by atoms with Gasteiger partial charge in [-0.05, 0) is 69.5 Å². The molecule has 0 atom stereocenters. The zero-order valence-electron chi connectivity index (χ0n) is 35.0. The summed E-state index contributed by atoms with van der Waals surface area (Å²) in [7, 11) is 0. The van der Waals surface area contributed by atoms with Gasteiger partial charge in [-0.3, -0.25) is 0 Å². The number of fused-ring (bicyclic) bond motifs is 4. The van der Waals surface area contributed by atoms with Gasteiger partial charge in [0.15, 0.2) is 17.4 Å². The minimum atomic E-state index is -0.808. The van der Waals surface area contributed by atoms with Crippen LogP contribution in [0.4, 0.5) is 0 Å². The Bertz CT molecular complexity index is 3350. The van der Waals surface area contributed by atoms with Gasteiger partial charge in [-0.25, -0.2) is 9.55 Å². The molecule has 11 aromatic rings. The van der Waals surface area contributed by atoms with Crippen LogP contribution in [0.1, 0.15) is 47.6 Å². The summed E-state index contributed by atoms with van der Waals surface area (Å²) >= 11 is 0. The average molecular weight is 991 g/mol. The van der Waals surface area contributed by atoms with Gasteiger partial charge in [0, 0.05) is 56.0 Å². The Balaban J connectivity index is 0.00000471. The molecule has 0 fully saturated rings. The van der Waals surface area contributed by atoms with E-state index in [0.717, 1.165) is 77.8 Å². The third kappa shape index (κ3) is 6.74. The molecule has 3 aromatic heterocycles. The van der Waals surface area contributed by atoms with Crippen LogP contribution in [-0.4, -0.2) is 18.7 Å². The van der Waals surface area contributed by atoms with E-state index in [9.17, 15) is 0 Å². The number of hydrogen-bond donors (Lipinski definition) is 0. The second-order valence-corrected chi connectivity index (χ2v) is 16.2. The van der Waals surface area contributed by atoms with E-state index in [4.69, 9.17) is 4.98 Å². The fourth-order valence-corrected chi connectivity index (χ4v) is 9.54. The maximum absolute atomic E-state index is 5.07. The number of aromatic nitrogens is 4. The average Bonchev–Trinajstić information content (AvgIpc) is 3.89. The molecule has 0 N–H and O–H groups in total. The number of nitrogens with zero attached hydrogens (tertiary/aromatic N) is 4. The van der Waals surface area contributed by atoms with E-state index in [0.29, 0.717) is 5.92 Å². The molecule has 0 saturated carbocycles. The summed E-state index contributed by atoms with van der Waals surface area (Å²) in [6, 6.07) is 81.8. The fraction of sp³-hybridized carbons (Fsp3) is 0.0690. The molecule has 0 aliphatic rings. The van der Waals surface area contributed by atoms with Gasteiger partial charge in [-0.15, -0.1) is 28.6 Å². The van der Waals surface area contributed by atoms with Gasteiger partial charge >= 0.3 is 0 Å². The van der Waals surface area contributed by atoms with Crippen molar-refractivity contribution in [3.63, 3.8) is 0 Å². The normalized spacial score (nSPS) is 11.7. The monoisotopic (exact) mass is 990 g/mol. The Morgan fingerprint density at radius 1 is 0.524 bits per heavy atom. The predicted octanol–water partition coefficient (Wildman–Crippen LogP) is 14.0. The SMILES string of the molecule is CC(C)c1ccccc1-c1ccnc(-n2c3[c-]c(C(c4[c-]c(-n5[cH+]n(-c6ccccc6)c6ccccc65)ccc4)(c4ccccc4)c4ccccc4)ccc3c3ccccc32)c1.[Pt]. The number of pyridine rings is 1. The first-order chi connectivity index (χ1) is 30.6. The van der Waals surface area contributed by atoms with Crippen LogP contribution in [0, 0.1) is 12.1 Å². The van der Waals surface area contributed by atoms with Gasteiger partial charge in [-0.1, -0.05) is 153 Å². The Hall–Kier alpha value is -7.13. The summed E-state index contributed by atoms with van der Waals surface area (Å²) in [4.78, 5) is 5.07. The predicted molar refractivity (Wildman–Crippen MR) is 255 cm³/mol. The first-order valence-electron chi connectivity index (χ1n) is 21.3. The number of hydrogen-bond acceptors (Lipinski definition) is 1. The topological polar surface area (TPSA) is 27.7 Å². The van der Waals surface area contributed by atoms with Gasteiger partial charge in [0.05, 0.1) is 0 Å². The molecule has 0 unspecified atom stereocenters. The number of rotatable bonds is 9. The summed E-state index contributed by atoms with van der Waals surface area (Å²) in [6.45, 7) is 4.51. The Morgan fingerprint density at radius 3 is 1.84 bits per heavy atom. The maximum Gasteiger partial charge on any atom is 0.168 e. The molecule has 0 amide bonds. The zero-order valence-corrected chi connectivity index (χ0v) is 37.2. The van der Waals surface area contributed by atoms with Crippen molar-refractivity contribution in [2.24, 2.45) is 0 Å². The smallest absolute Gasteiger partial charge is 0.168 e. The summed E-state index contributed by atoms with van der Waals surface area (Å²) in [5.41, 5.74) is 13.5. The van der Waals surface area contributed by atoms with Crippen molar-refractivity contribution < 1.29 is 21.1 Å². The summed E-state index contributed by atoms with van der Waals surface area (Å²) in [5, 5.41) is 2.28. The van der Waals surface area contributed by atoms with E-state index < -0.39 is 5.41 Å². The van der Waals surface area contributed by atoms with Crippen LogP contribution in [0.2, 0.25) is 0 Å². The number of imidazole rings is 1. The molecular weight excluding hydrogens is 948 g/mol. The second kappa shape index (κ2) is 16.6. The van der Waals surface area contributed by atoms with Gasteiger partial charge in [0.1, 0.15) is 11.5 Å². The van der Waals surface area contributed by atoms with Crippen LogP contribution in [0.5, 0.6) is 0 Å². The van der Waals surface area contributed by atoms with E-state index in [1.165, 1.54) is 11.1 Å². The van der Waals surface area contributed by atoms with Crippen LogP contribution >= 0.6 is 0 Å². The first kappa shape index (κ1) is 40.0. The van der Waals surface area contributed by atoms with Crippen LogP contribution in [-0.2, 0) is 26.5 Å². The van der Waals surface area contributed by atoms with Crippen molar-refractivity contribution in [3.8, 4) is 28.3 Å². The summed E-state index contributed by atoms with van der Waals surface area (Å²) in [5.74, 6) is 1.23. The molecular formula is C58H43N4Pt-. The third-order valence-corrected chi connectivity index (χ3v) is 12.4. The van der Waals surface area contributed by atoms with Gasteiger partial charge in [0.25, 0.3) is 0 Å². The molecule has 0 bridgehead atoms. The standard InChI is InChI=1S/C58H43N4.Pt/c1-41(2)49-27-12-13-28-50(49)42-35-36-59-57(37-42)62-53-30-15-14-29-51(53)52-34-33-46(39-56(52)62)58(43-19-6-3-7-20-43,44-21-8-4-9-22-44)45-23-18-26-48(38-45)61-40-60(47-24-10-5-11-25-47)54-31-16-17-32-55(54)61;/h3-37,40-41H,1-2H3;/q-1;. The van der Waals surface area contributed by atoms with Crippen LogP contribution in [0.3, 0.4) is 0 Å². The minimum Gasteiger partial charge on any atom is -0.319 e. The van der Waals surface area contributed by atoms with E-state index >= 15 is 0 Å². The molecule has 4 nitrogen and oxygen atoms in total. The van der Waals surface area contributed by atoms with E-state index in [1.807, 2.05) is 6.20 Å².